The summed E-state index contributed by atoms with van der Waals surface area (Å²) in [4.78, 5) is 27.1. The molecule has 0 spiro atoms. The molecule has 1 saturated heterocycles. The number of amides is 2. The van der Waals surface area contributed by atoms with Crippen molar-refractivity contribution in [1.29, 1.82) is 0 Å². The summed E-state index contributed by atoms with van der Waals surface area (Å²) in [7, 11) is 0. The molecule has 21 heavy (non-hydrogen) atoms. The van der Waals surface area contributed by atoms with E-state index in [4.69, 9.17) is 0 Å². The van der Waals surface area contributed by atoms with Gasteiger partial charge in [-0.15, -0.1) is 11.3 Å². The average molecular weight is 427 g/mol. The second-order valence-electron chi connectivity index (χ2n) is 4.41. The molecule has 1 fully saturated rings. The summed E-state index contributed by atoms with van der Waals surface area (Å²) >= 11 is 4.78. The van der Waals surface area contributed by atoms with E-state index in [-0.39, 0.29) is 11.1 Å². The standard InChI is InChI=1S/C15H10INO2S2/c16-11-5-3-10(4-6-11)9-17-14(18)13(21-15(17)19)8-12-2-1-7-20-12/h1-8H,9H2/b13-8+. The molecule has 0 N–H and O–H groups in total. The summed E-state index contributed by atoms with van der Waals surface area (Å²) in [5.41, 5.74) is 0.954. The zero-order valence-electron chi connectivity index (χ0n) is 10.8. The lowest BCUT2D eigenvalue weighted by Gasteiger charge is -2.12. The highest BCUT2D eigenvalue weighted by Crippen LogP contribution is 2.33. The molecule has 0 saturated carbocycles. The van der Waals surface area contributed by atoms with Crippen LogP contribution in [0.4, 0.5) is 4.79 Å². The third-order valence-electron chi connectivity index (χ3n) is 2.94. The van der Waals surface area contributed by atoms with Gasteiger partial charge in [0.15, 0.2) is 0 Å². The number of carbonyl (C=O) groups is 2. The Morgan fingerprint density at radius 1 is 1.14 bits per heavy atom. The second-order valence-corrected chi connectivity index (χ2v) is 7.63. The van der Waals surface area contributed by atoms with Gasteiger partial charge in [-0.3, -0.25) is 14.5 Å². The second kappa shape index (κ2) is 6.33. The van der Waals surface area contributed by atoms with Crippen molar-refractivity contribution in [3.8, 4) is 0 Å². The molecule has 2 aromatic rings. The Bertz CT molecular complexity index is 708. The predicted molar refractivity (Wildman–Crippen MR) is 95.0 cm³/mol. The first kappa shape index (κ1) is 14.8. The molecule has 0 atom stereocenters. The molecule has 0 radical (unpaired) electrons. The summed E-state index contributed by atoms with van der Waals surface area (Å²) in [5.74, 6) is -0.211. The number of imide groups is 1. The molecule has 2 heterocycles. The van der Waals surface area contributed by atoms with E-state index >= 15 is 0 Å². The summed E-state index contributed by atoms with van der Waals surface area (Å²) in [5, 5.41) is 1.74. The van der Waals surface area contributed by atoms with E-state index in [9.17, 15) is 9.59 Å². The van der Waals surface area contributed by atoms with Crippen LogP contribution in [0.3, 0.4) is 0 Å². The Morgan fingerprint density at radius 2 is 1.90 bits per heavy atom. The normalized spacial score (nSPS) is 17.0. The van der Waals surface area contributed by atoms with E-state index < -0.39 is 0 Å². The van der Waals surface area contributed by atoms with Crippen LogP contribution < -0.4 is 0 Å². The maximum Gasteiger partial charge on any atom is 0.293 e. The SMILES string of the molecule is O=C1S/C(=C/c2cccs2)C(=O)N1Cc1ccc(I)cc1. The summed E-state index contributed by atoms with van der Waals surface area (Å²) in [6, 6.07) is 11.7. The molecule has 1 aromatic heterocycles. The molecule has 3 nitrogen and oxygen atoms in total. The minimum absolute atomic E-state index is 0.207. The van der Waals surface area contributed by atoms with Gasteiger partial charge in [-0.2, -0.15) is 0 Å². The molecular formula is C15H10INO2S2. The smallest absolute Gasteiger partial charge is 0.268 e. The van der Waals surface area contributed by atoms with Gasteiger partial charge < -0.3 is 0 Å². The first-order valence-corrected chi connectivity index (χ1v) is 8.94. The van der Waals surface area contributed by atoms with E-state index in [1.807, 2.05) is 41.8 Å². The van der Waals surface area contributed by atoms with Crippen LogP contribution >= 0.6 is 45.7 Å². The van der Waals surface area contributed by atoms with Gasteiger partial charge in [-0.25, -0.2) is 0 Å². The fraction of sp³-hybridized carbons (Fsp3) is 0.0667. The van der Waals surface area contributed by atoms with Crippen LogP contribution in [-0.4, -0.2) is 16.0 Å². The summed E-state index contributed by atoms with van der Waals surface area (Å²) < 4.78 is 1.13. The monoisotopic (exact) mass is 427 g/mol. The Kier molecular flexibility index (Phi) is 4.46. The third kappa shape index (κ3) is 3.38. The van der Waals surface area contributed by atoms with Crippen LogP contribution in [-0.2, 0) is 11.3 Å². The van der Waals surface area contributed by atoms with Crippen LogP contribution in [0.15, 0.2) is 46.7 Å². The van der Waals surface area contributed by atoms with Crippen molar-refractivity contribution >= 4 is 62.9 Å². The third-order valence-corrected chi connectivity index (χ3v) is 5.39. The number of hydrogen-bond acceptors (Lipinski definition) is 4. The van der Waals surface area contributed by atoms with Crippen molar-refractivity contribution in [3.05, 3.63) is 60.7 Å². The minimum atomic E-state index is -0.211. The summed E-state index contributed by atoms with van der Waals surface area (Å²) in [6.45, 7) is 0.323. The molecule has 3 rings (SSSR count). The van der Waals surface area contributed by atoms with Gasteiger partial charge in [-0.1, -0.05) is 18.2 Å². The molecule has 6 heteroatoms. The van der Waals surface area contributed by atoms with Crippen LogP contribution in [0.5, 0.6) is 0 Å². The number of rotatable bonds is 3. The Labute approximate surface area is 144 Å². The molecule has 0 unspecified atom stereocenters. The number of halogens is 1. The first-order valence-electron chi connectivity index (χ1n) is 6.17. The number of nitrogens with zero attached hydrogens (tertiary/aromatic N) is 1. The first-order chi connectivity index (χ1) is 10.1. The van der Waals surface area contributed by atoms with Gasteiger partial charge in [0.2, 0.25) is 0 Å². The zero-order valence-corrected chi connectivity index (χ0v) is 14.6. The lowest BCUT2D eigenvalue weighted by atomic mass is 10.2. The molecule has 1 aromatic carbocycles. The van der Waals surface area contributed by atoms with Crippen molar-refractivity contribution in [2.24, 2.45) is 0 Å². The molecule has 2 amide bonds. The fourth-order valence-corrected chi connectivity index (χ4v) is 3.83. The van der Waals surface area contributed by atoms with Gasteiger partial charge in [0, 0.05) is 8.45 Å². The van der Waals surface area contributed by atoms with Crippen molar-refractivity contribution in [2.45, 2.75) is 6.54 Å². The molecule has 1 aliphatic heterocycles. The zero-order chi connectivity index (χ0) is 14.8. The van der Waals surface area contributed by atoms with E-state index in [2.05, 4.69) is 22.6 Å². The van der Waals surface area contributed by atoms with Crippen molar-refractivity contribution < 1.29 is 9.59 Å². The van der Waals surface area contributed by atoms with Crippen molar-refractivity contribution in [1.82, 2.24) is 4.90 Å². The van der Waals surface area contributed by atoms with E-state index in [0.29, 0.717) is 11.4 Å². The van der Waals surface area contributed by atoms with E-state index in [0.717, 1.165) is 25.8 Å². The highest BCUT2D eigenvalue weighted by Gasteiger charge is 2.34. The lowest BCUT2D eigenvalue weighted by Crippen LogP contribution is -2.27. The van der Waals surface area contributed by atoms with Crippen LogP contribution in [0, 0.1) is 3.57 Å². The predicted octanol–water partition coefficient (Wildman–Crippen LogP) is 4.59. The maximum atomic E-state index is 12.3. The Morgan fingerprint density at radius 3 is 2.57 bits per heavy atom. The molecular weight excluding hydrogens is 417 g/mol. The van der Waals surface area contributed by atoms with E-state index in [1.165, 1.54) is 4.90 Å². The van der Waals surface area contributed by atoms with Crippen molar-refractivity contribution in [2.75, 3.05) is 0 Å². The number of thiophene rings is 1. The van der Waals surface area contributed by atoms with Crippen LogP contribution in [0.2, 0.25) is 0 Å². The molecule has 0 bridgehead atoms. The number of carbonyl (C=O) groups excluding carboxylic acids is 2. The minimum Gasteiger partial charge on any atom is -0.268 e. The summed E-state index contributed by atoms with van der Waals surface area (Å²) in [6.07, 6.45) is 1.78. The molecule has 1 aliphatic rings. The Balaban J connectivity index is 1.79. The highest BCUT2D eigenvalue weighted by molar-refractivity contribution is 14.1. The van der Waals surface area contributed by atoms with Crippen LogP contribution in [0.1, 0.15) is 10.4 Å². The lowest BCUT2D eigenvalue weighted by molar-refractivity contribution is -0.123. The number of hydrogen-bond donors (Lipinski definition) is 0. The van der Waals surface area contributed by atoms with Gasteiger partial charge in [0.1, 0.15) is 0 Å². The molecule has 106 valence electrons. The number of benzene rings is 1. The van der Waals surface area contributed by atoms with Gasteiger partial charge in [0.05, 0.1) is 11.4 Å². The van der Waals surface area contributed by atoms with E-state index in [1.54, 1.807) is 17.4 Å². The quantitative estimate of drug-likeness (QED) is 0.531. The molecule has 0 aliphatic carbocycles. The topological polar surface area (TPSA) is 37.4 Å². The van der Waals surface area contributed by atoms with Gasteiger partial charge >= 0.3 is 0 Å². The number of thioether (sulfide) groups is 1. The van der Waals surface area contributed by atoms with Gasteiger partial charge in [-0.05, 0) is 69.6 Å². The van der Waals surface area contributed by atoms with Crippen LogP contribution in [0.25, 0.3) is 6.08 Å². The van der Waals surface area contributed by atoms with Gasteiger partial charge in [0.25, 0.3) is 11.1 Å². The largest absolute Gasteiger partial charge is 0.293 e. The van der Waals surface area contributed by atoms with Crippen molar-refractivity contribution in [3.63, 3.8) is 0 Å². The Hall–Kier alpha value is -1.12. The maximum absolute atomic E-state index is 12.3. The fourth-order valence-electron chi connectivity index (χ4n) is 1.91. The average Bonchev–Trinajstić information content (AvgIpc) is 3.06. The highest BCUT2D eigenvalue weighted by atomic mass is 127.